The Labute approximate surface area is 142 Å². The number of aliphatic carboxylic acids is 1. The number of fused-ring (bicyclic) bond motifs is 1. The predicted octanol–water partition coefficient (Wildman–Crippen LogP) is 4.20. The first-order valence-corrected chi connectivity index (χ1v) is 7.68. The molecular weight excluding hydrogens is 330 g/mol. The van der Waals surface area contributed by atoms with Crippen molar-refractivity contribution < 1.29 is 19.8 Å². The lowest BCUT2D eigenvalue weighted by Gasteiger charge is -2.07. The Morgan fingerprint density at radius 3 is 2.42 bits per heavy atom. The summed E-state index contributed by atoms with van der Waals surface area (Å²) in [6, 6.07) is 10.9. The molecule has 122 valence electrons. The second-order valence-electron chi connectivity index (χ2n) is 5.48. The summed E-state index contributed by atoms with van der Waals surface area (Å²) in [6.07, 6.45) is 1.99. The molecule has 0 saturated carbocycles. The van der Waals surface area contributed by atoms with E-state index in [1.165, 1.54) is 6.20 Å². The third-order valence-electron chi connectivity index (χ3n) is 3.89. The number of nitrogens with one attached hydrogen (secondary N) is 1. The fourth-order valence-corrected chi connectivity index (χ4v) is 2.92. The fraction of sp³-hybridized carbons (Fsp3) is 0.111. The van der Waals surface area contributed by atoms with Crippen LogP contribution in [0.5, 0.6) is 0 Å². The minimum absolute atomic E-state index is 0.0807. The fourth-order valence-electron chi connectivity index (χ4n) is 2.64. The highest BCUT2D eigenvalue weighted by atomic mass is 35.5. The van der Waals surface area contributed by atoms with Crippen molar-refractivity contribution in [1.29, 1.82) is 0 Å². The van der Waals surface area contributed by atoms with E-state index in [0.29, 0.717) is 22.3 Å². The van der Waals surface area contributed by atoms with Crippen LogP contribution < -0.4 is 0 Å². The van der Waals surface area contributed by atoms with E-state index in [1.54, 1.807) is 12.1 Å². The van der Waals surface area contributed by atoms with Gasteiger partial charge < -0.3 is 15.2 Å². The van der Waals surface area contributed by atoms with Crippen LogP contribution in [0.2, 0.25) is 5.02 Å². The predicted molar refractivity (Wildman–Crippen MR) is 91.7 cm³/mol. The van der Waals surface area contributed by atoms with E-state index in [9.17, 15) is 14.7 Å². The molecule has 0 bridgehead atoms. The van der Waals surface area contributed by atoms with Crippen LogP contribution in [0.25, 0.3) is 22.0 Å². The largest absolute Gasteiger partial charge is 0.481 e. The quantitative estimate of drug-likeness (QED) is 0.647. The van der Waals surface area contributed by atoms with E-state index in [0.717, 1.165) is 16.7 Å². The molecule has 0 aliphatic rings. The van der Waals surface area contributed by atoms with E-state index in [4.69, 9.17) is 16.7 Å². The number of carboxylic acid groups (broad SMARTS) is 2. The molecule has 0 fully saturated rings. The maximum atomic E-state index is 11.3. The van der Waals surface area contributed by atoms with Crippen molar-refractivity contribution in [2.45, 2.75) is 12.8 Å². The Balaban J connectivity index is 1.99. The number of H-pyrrole nitrogens is 1. The van der Waals surface area contributed by atoms with Crippen molar-refractivity contribution in [3.05, 3.63) is 58.7 Å². The minimum atomic E-state index is -1.00. The second kappa shape index (κ2) is 6.37. The van der Waals surface area contributed by atoms with Gasteiger partial charge in [0, 0.05) is 29.1 Å². The molecule has 5 nitrogen and oxygen atoms in total. The first-order chi connectivity index (χ1) is 11.5. The summed E-state index contributed by atoms with van der Waals surface area (Å²) < 4.78 is 0. The van der Waals surface area contributed by atoms with Gasteiger partial charge in [0.25, 0.3) is 0 Å². The molecule has 0 aliphatic heterocycles. The highest BCUT2D eigenvalue weighted by Gasteiger charge is 2.14. The first kappa shape index (κ1) is 16.1. The number of carboxylic acids is 2. The van der Waals surface area contributed by atoms with E-state index >= 15 is 0 Å². The molecule has 24 heavy (non-hydrogen) atoms. The van der Waals surface area contributed by atoms with Crippen LogP contribution in [0.15, 0.2) is 42.6 Å². The Bertz CT molecular complexity index is 928. The van der Waals surface area contributed by atoms with E-state index in [2.05, 4.69) is 4.98 Å². The number of aromatic carboxylic acids is 1. The molecule has 0 radical (unpaired) electrons. The van der Waals surface area contributed by atoms with Gasteiger partial charge in [-0.2, -0.15) is 0 Å². The average molecular weight is 344 g/mol. The molecule has 3 N–H and O–H groups in total. The van der Waals surface area contributed by atoms with Crippen molar-refractivity contribution in [3.8, 4) is 11.1 Å². The van der Waals surface area contributed by atoms with Crippen LogP contribution in [0.1, 0.15) is 22.3 Å². The van der Waals surface area contributed by atoms with Gasteiger partial charge >= 0.3 is 11.9 Å². The zero-order chi connectivity index (χ0) is 17.3. The topological polar surface area (TPSA) is 90.4 Å². The number of rotatable bonds is 5. The molecule has 0 atom stereocenters. The van der Waals surface area contributed by atoms with Crippen molar-refractivity contribution >= 4 is 34.4 Å². The average Bonchev–Trinajstić information content (AvgIpc) is 2.95. The Morgan fingerprint density at radius 1 is 1.08 bits per heavy atom. The van der Waals surface area contributed by atoms with E-state index in [1.807, 2.05) is 24.3 Å². The van der Waals surface area contributed by atoms with Gasteiger partial charge in [0.05, 0.1) is 10.6 Å². The molecule has 3 rings (SSSR count). The van der Waals surface area contributed by atoms with Gasteiger partial charge in [-0.15, -0.1) is 0 Å². The summed E-state index contributed by atoms with van der Waals surface area (Å²) in [5.74, 6) is -1.83. The monoisotopic (exact) mass is 343 g/mol. The number of carbonyl (C=O) groups is 2. The van der Waals surface area contributed by atoms with Gasteiger partial charge in [0.15, 0.2) is 0 Å². The number of benzene rings is 2. The summed E-state index contributed by atoms with van der Waals surface area (Å²) in [6.45, 7) is 0. The summed E-state index contributed by atoms with van der Waals surface area (Å²) in [5, 5.41) is 19.1. The Morgan fingerprint density at radius 2 is 1.79 bits per heavy atom. The van der Waals surface area contributed by atoms with Crippen LogP contribution in [-0.4, -0.2) is 27.1 Å². The van der Waals surface area contributed by atoms with E-state index < -0.39 is 11.9 Å². The van der Waals surface area contributed by atoms with Crippen molar-refractivity contribution in [2.24, 2.45) is 0 Å². The lowest BCUT2D eigenvalue weighted by Crippen LogP contribution is -1.97. The third-order valence-corrected chi connectivity index (χ3v) is 4.20. The van der Waals surface area contributed by atoms with Gasteiger partial charge in [0.1, 0.15) is 0 Å². The number of hydrogen-bond donors (Lipinski definition) is 3. The van der Waals surface area contributed by atoms with Crippen molar-refractivity contribution in [3.63, 3.8) is 0 Å². The van der Waals surface area contributed by atoms with Crippen LogP contribution in [0, 0.1) is 0 Å². The summed E-state index contributed by atoms with van der Waals surface area (Å²) in [5.41, 5.74) is 3.36. The van der Waals surface area contributed by atoms with Crippen LogP contribution in [0.3, 0.4) is 0 Å². The molecule has 6 heteroatoms. The van der Waals surface area contributed by atoms with Gasteiger partial charge in [-0.05, 0) is 29.7 Å². The highest BCUT2D eigenvalue weighted by Crippen LogP contribution is 2.33. The summed E-state index contributed by atoms with van der Waals surface area (Å²) in [7, 11) is 0. The minimum Gasteiger partial charge on any atom is -0.481 e. The van der Waals surface area contributed by atoms with Gasteiger partial charge in [-0.3, -0.25) is 4.79 Å². The van der Waals surface area contributed by atoms with Crippen LogP contribution >= 0.6 is 11.6 Å². The van der Waals surface area contributed by atoms with Gasteiger partial charge in [-0.25, -0.2) is 4.79 Å². The Kier molecular flexibility index (Phi) is 4.27. The number of hydrogen-bond acceptors (Lipinski definition) is 2. The Hall–Kier alpha value is -2.79. The van der Waals surface area contributed by atoms with E-state index in [-0.39, 0.29) is 12.0 Å². The SMILES string of the molecule is O=C(O)CCc1ccc(-c2cc3c(C(=O)O)c[nH]c3cc2Cl)cc1. The zero-order valence-electron chi connectivity index (χ0n) is 12.5. The molecule has 1 heterocycles. The molecule has 1 aromatic heterocycles. The van der Waals surface area contributed by atoms with Crippen LogP contribution in [0.4, 0.5) is 0 Å². The lowest BCUT2D eigenvalue weighted by atomic mass is 10.00. The van der Waals surface area contributed by atoms with Crippen LogP contribution in [-0.2, 0) is 11.2 Å². The number of halogens is 1. The lowest BCUT2D eigenvalue weighted by molar-refractivity contribution is -0.136. The number of aryl methyl sites for hydroxylation is 1. The van der Waals surface area contributed by atoms with Gasteiger partial charge in [0.2, 0.25) is 0 Å². The molecule has 0 amide bonds. The molecule has 0 saturated heterocycles. The molecule has 0 unspecified atom stereocenters. The number of aromatic amines is 1. The molecule has 3 aromatic rings. The number of aromatic nitrogens is 1. The maximum absolute atomic E-state index is 11.3. The second-order valence-corrected chi connectivity index (χ2v) is 5.88. The highest BCUT2D eigenvalue weighted by molar-refractivity contribution is 6.34. The zero-order valence-corrected chi connectivity index (χ0v) is 13.3. The summed E-state index contributed by atoms with van der Waals surface area (Å²) >= 11 is 6.32. The third kappa shape index (κ3) is 3.12. The first-order valence-electron chi connectivity index (χ1n) is 7.30. The van der Waals surface area contributed by atoms with Crippen molar-refractivity contribution in [1.82, 2.24) is 4.98 Å². The van der Waals surface area contributed by atoms with Crippen molar-refractivity contribution in [2.75, 3.05) is 0 Å². The standard InChI is InChI=1S/C18H14ClNO4/c19-15-8-16-13(14(9-20-16)18(23)24)7-12(15)11-4-1-10(2-5-11)3-6-17(21)22/h1-2,4-5,7-9,20H,3,6H2,(H,21,22)(H,23,24). The molecule has 0 spiro atoms. The normalized spacial score (nSPS) is 10.9. The maximum Gasteiger partial charge on any atom is 0.337 e. The molecular formula is C18H14ClNO4. The molecule has 2 aromatic carbocycles. The molecule has 0 aliphatic carbocycles. The summed E-state index contributed by atoms with van der Waals surface area (Å²) in [4.78, 5) is 24.8. The smallest absolute Gasteiger partial charge is 0.337 e. The van der Waals surface area contributed by atoms with Gasteiger partial charge in [-0.1, -0.05) is 35.9 Å².